The van der Waals surface area contributed by atoms with Crippen molar-refractivity contribution in [2.75, 3.05) is 0 Å². The van der Waals surface area contributed by atoms with Crippen LogP contribution in [0.2, 0.25) is 0 Å². The van der Waals surface area contributed by atoms with Crippen LogP contribution in [0.25, 0.3) is 10.9 Å². The first kappa shape index (κ1) is 30.2. The van der Waals surface area contributed by atoms with Crippen LogP contribution in [0.1, 0.15) is 32.3 Å². The number of carboxylic acids is 2. The van der Waals surface area contributed by atoms with E-state index >= 15 is 0 Å². The van der Waals surface area contributed by atoms with Crippen LogP contribution < -0.4 is 21.7 Å². The van der Waals surface area contributed by atoms with Crippen molar-refractivity contribution >= 4 is 40.6 Å². The Hall–Kier alpha value is -4.01. The molecule has 0 aliphatic heterocycles. The first-order valence-electron chi connectivity index (χ1n) is 11.8. The summed E-state index contributed by atoms with van der Waals surface area (Å²) in [6.45, 7) is 2.38. The number of benzene rings is 1. The summed E-state index contributed by atoms with van der Waals surface area (Å²) in [6.07, 6.45) is -2.09. The summed E-state index contributed by atoms with van der Waals surface area (Å²) in [4.78, 5) is 63.4. The van der Waals surface area contributed by atoms with Crippen molar-refractivity contribution in [3.63, 3.8) is 0 Å². The Bertz CT molecular complexity index is 1160. The van der Waals surface area contributed by atoms with Crippen molar-refractivity contribution in [3.05, 3.63) is 36.0 Å². The van der Waals surface area contributed by atoms with Crippen LogP contribution in [0.15, 0.2) is 30.5 Å². The Morgan fingerprint density at radius 2 is 1.45 bits per heavy atom. The second-order valence-electron chi connectivity index (χ2n) is 8.96. The van der Waals surface area contributed by atoms with Gasteiger partial charge in [-0.15, -0.1) is 0 Å². The summed E-state index contributed by atoms with van der Waals surface area (Å²) >= 11 is 0. The summed E-state index contributed by atoms with van der Waals surface area (Å²) in [5, 5.41) is 45.6. The third kappa shape index (κ3) is 8.26. The highest BCUT2D eigenvalue weighted by molar-refractivity contribution is 5.95. The van der Waals surface area contributed by atoms with E-state index in [4.69, 9.17) is 10.8 Å². The minimum atomic E-state index is -1.67. The maximum Gasteiger partial charge on any atom is 0.326 e. The van der Waals surface area contributed by atoms with Gasteiger partial charge in [0.1, 0.15) is 18.1 Å². The van der Waals surface area contributed by atoms with E-state index in [1.54, 1.807) is 6.20 Å². The molecule has 0 saturated carbocycles. The van der Waals surface area contributed by atoms with Crippen LogP contribution in [0.5, 0.6) is 0 Å². The standard InChI is InChI=1S/C24H33N5O9/c1-11(30)19(22(35)27-17(24(37)38)7-8-18(32)33)29-23(36)20(12(2)31)28-21(34)15(25)9-13-10-26-16-6-4-3-5-14(13)16/h3-6,10-12,15,17,19-20,26,30-31H,7-9,25H2,1-2H3,(H,27,35)(H,28,34)(H,29,36)(H,32,33)(H,37,38). The molecule has 208 valence electrons. The number of aromatic nitrogens is 1. The number of H-pyrrole nitrogens is 1. The van der Waals surface area contributed by atoms with Gasteiger partial charge in [-0.2, -0.15) is 0 Å². The molecule has 0 aliphatic rings. The van der Waals surface area contributed by atoms with Crippen LogP contribution in [0.4, 0.5) is 0 Å². The molecule has 0 aliphatic carbocycles. The van der Waals surface area contributed by atoms with Gasteiger partial charge in [0.05, 0.1) is 18.2 Å². The van der Waals surface area contributed by atoms with E-state index in [0.717, 1.165) is 23.4 Å². The molecule has 2 rings (SSSR count). The number of rotatable bonds is 14. The van der Waals surface area contributed by atoms with Gasteiger partial charge in [-0.05, 0) is 38.3 Å². The van der Waals surface area contributed by atoms with Gasteiger partial charge in [0.15, 0.2) is 0 Å². The van der Waals surface area contributed by atoms with Gasteiger partial charge in [-0.25, -0.2) is 4.79 Å². The van der Waals surface area contributed by atoms with Gasteiger partial charge in [0, 0.05) is 23.5 Å². The Kier molecular flexibility index (Phi) is 10.7. The summed E-state index contributed by atoms with van der Waals surface area (Å²) in [7, 11) is 0. The molecule has 3 amide bonds. The third-order valence-corrected chi connectivity index (χ3v) is 5.84. The molecule has 14 nitrogen and oxygen atoms in total. The van der Waals surface area contributed by atoms with Crippen molar-refractivity contribution in [2.45, 2.75) is 69.5 Å². The van der Waals surface area contributed by atoms with E-state index in [2.05, 4.69) is 20.9 Å². The number of fused-ring (bicyclic) bond motifs is 1. The maximum atomic E-state index is 12.9. The lowest BCUT2D eigenvalue weighted by atomic mass is 10.0. The summed E-state index contributed by atoms with van der Waals surface area (Å²) < 4.78 is 0. The van der Waals surface area contributed by atoms with E-state index in [-0.39, 0.29) is 6.42 Å². The number of nitrogens with one attached hydrogen (secondary N) is 4. The highest BCUT2D eigenvalue weighted by Gasteiger charge is 2.34. The van der Waals surface area contributed by atoms with Crippen LogP contribution >= 0.6 is 0 Å². The average Bonchev–Trinajstić information content (AvgIpc) is 3.24. The molecule has 1 aromatic carbocycles. The number of aliphatic hydroxyl groups excluding tert-OH is 2. The van der Waals surface area contributed by atoms with Gasteiger partial charge in [0.2, 0.25) is 17.7 Å². The zero-order chi connectivity index (χ0) is 28.6. The molecule has 14 heteroatoms. The number of hydrogen-bond donors (Lipinski definition) is 9. The second-order valence-corrected chi connectivity index (χ2v) is 8.96. The second kappa shape index (κ2) is 13.5. The largest absolute Gasteiger partial charge is 0.481 e. The molecule has 38 heavy (non-hydrogen) atoms. The molecule has 0 bridgehead atoms. The number of carboxylic acid groups (broad SMARTS) is 2. The first-order chi connectivity index (χ1) is 17.8. The number of carbonyl (C=O) groups is 5. The monoisotopic (exact) mass is 535 g/mol. The Morgan fingerprint density at radius 3 is 2.00 bits per heavy atom. The highest BCUT2D eigenvalue weighted by atomic mass is 16.4. The number of nitrogens with two attached hydrogens (primary N) is 1. The molecular weight excluding hydrogens is 502 g/mol. The lowest BCUT2D eigenvalue weighted by molar-refractivity contribution is -0.144. The predicted molar refractivity (Wildman–Crippen MR) is 134 cm³/mol. The summed E-state index contributed by atoms with van der Waals surface area (Å²) in [5.74, 6) is -5.67. The summed E-state index contributed by atoms with van der Waals surface area (Å²) in [6, 6.07) is 1.47. The smallest absolute Gasteiger partial charge is 0.326 e. The molecule has 10 N–H and O–H groups in total. The minimum absolute atomic E-state index is 0.121. The first-order valence-corrected chi connectivity index (χ1v) is 11.8. The van der Waals surface area contributed by atoms with Crippen molar-refractivity contribution in [2.24, 2.45) is 5.73 Å². The lowest BCUT2D eigenvalue weighted by Crippen LogP contribution is -2.62. The third-order valence-electron chi connectivity index (χ3n) is 5.84. The van der Waals surface area contributed by atoms with Crippen LogP contribution in [-0.2, 0) is 30.4 Å². The number of aliphatic hydroxyl groups is 2. The van der Waals surface area contributed by atoms with E-state index in [1.165, 1.54) is 6.92 Å². The predicted octanol–water partition coefficient (Wildman–Crippen LogP) is -1.80. The minimum Gasteiger partial charge on any atom is -0.481 e. The lowest BCUT2D eigenvalue weighted by Gasteiger charge is -2.27. The van der Waals surface area contributed by atoms with Crippen molar-refractivity contribution in [3.8, 4) is 0 Å². The number of aromatic amines is 1. The molecule has 1 aromatic heterocycles. The highest BCUT2D eigenvalue weighted by Crippen LogP contribution is 2.18. The van der Waals surface area contributed by atoms with Gasteiger partial charge >= 0.3 is 11.9 Å². The van der Waals surface area contributed by atoms with Crippen LogP contribution in [-0.4, -0.2) is 91.4 Å². The molecule has 0 fully saturated rings. The number of para-hydroxylation sites is 1. The van der Waals surface area contributed by atoms with E-state index in [9.17, 15) is 39.3 Å². The molecule has 2 aromatic rings. The van der Waals surface area contributed by atoms with E-state index in [0.29, 0.717) is 0 Å². The van der Waals surface area contributed by atoms with E-state index in [1.807, 2.05) is 24.3 Å². The van der Waals surface area contributed by atoms with Crippen molar-refractivity contribution in [1.29, 1.82) is 0 Å². The van der Waals surface area contributed by atoms with Gasteiger partial charge in [0.25, 0.3) is 0 Å². The van der Waals surface area contributed by atoms with E-state index < -0.39 is 78.9 Å². The number of aliphatic carboxylic acids is 2. The molecular formula is C24H33N5O9. The Labute approximate surface area is 217 Å². The van der Waals surface area contributed by atoms with Gasteiger partial charge < -0.3 is 47.1 Å². The van der Waals surface area contributed by atoms with Gasteiger partial charge in [-0.1, -0.05) is 18.2 Å². The normalized spacial score (nSPS) is 15.9. The zero-order valence-electron chi connectivity index (χ0n) is 20.9. The fourth-order valence-electron chi connectivity index (χ4n) is 3.73. The molecule has 0 saturated heterocycles. The SMILES string of the molecule is CC(O)C(NC(=O)C(N)Cc1c[nH]c2ccccc12)C(=O)NC(C(=O)NC(CCC(=O)O)C(=O)O)C(C)O. The van der Waals surface area contributed by atoms with Crippen LogP contribution in [0.3, 0.4) is 0 Å². The quantitative estimate of drug-likeness (QED) is 0.131. The number of amides is 3. The maximum absolute atomic E-state index is 12.9. The van der Waals surface area contributed by atoms with Crippen molar-refractivity contribution in [1.82, 2.24) is 20.9 Å². The fraction of sp³-hybridized carbons (Fsp3) is 0.458. The number of hydrogen-bond acceptors (Lipinski definition) is 8. The Balaban J connectivity index is 2.07. The van der Waals surface area contributed by atoms with Crippen LogP contribution in [0, 0.1) is 0 Å². The molecule has 6 atom stereocenters. The number of carbonyl (C=O) groups excluding carboxylic acids is 3. The molecule has 0 spiro atoms. The molecule has 0 radical (unpaired) electrons. The van der Waals surface area contributed by atoms with Gasteiger partial charge in [-0.3, -0.25) is 19.2 Å². The Morgan fingerprint density at radius 1 is 0.895 bits per heavy atom. The molecule has 6 unspecified atom stereocenters. The van der Waals surface area contributed by atoms with Crippen molar-refractivity contribution < 1.29 is 44.4 Å². The molecule has 1 heterocycles. The zero-order valence-corrected chi connectivity index (χ0v) is 20.9. The topological polar surface area (TPSA) is 244 Å². The summed E-state index contributed by atoms with van der Waals surface area (Å²) in [5.41, 5.74) is 7.66. The average molecular weight is 536 g/mol. The fourth-order valence-corrected chi connectivity index (χ4v) is 3.73.